The summed E-state index contributed by atoms with van der Waals surface area (Å²) in [6, 6.07) is 7.21. The van der Waals surface area contributed by atoms with Gasteiger partial charge in [0.25, 0.3) is 5.91 Å². The van der Waals surface area contributed by atoms with Gasteiger partial charge in [0.2, 0.25) is 0 Å². The number of carboxylic acid groups (broad SMARTS) is 1. The molecule has 1 aromatic heterocycles. The first-order valence-corrected chi connectivity index (χ1v) is 9.00. The molecule has 25 heavy (non-hydrogen) atoms. The number of nitrogens with zero attached hydrogens (tertiary/aromatic N) is 1. The number of carbonyl (C=O) groups is 2. The number of carboxylic acids is 1. The van der Waals surface area contributed by atoms with Gasteiger partial charge in [0, 0.05) is 36.3 Å². The lowest BCUT2D eigenvalue weighted by Gasteiger charge is -2.33. The van der Waals surface area contributed by atoms with Crippen molar-refractivity contribution in [2.24, 2.45) is 5.41 Å². The molecule has 1 aliphatic heterocycles. The average Bonchev–Trinajstić information content (AvgIpc) is 3.07. The van der Waals surface area contributed by atoms with Crippen molar-refractivity contribution in [2.45, 2.75) is 19.8 Å². The second kappa shape index (κ2) is 7.33. The Morgan fingerprint density at radius 3 is 2.76 bits per heavy atom. The first-order chi connectivity index (χ1) is 12.0. The molecule has 1 saturated heterocycles. The second-order valence-electron chi connectivity index (χ2n) is 6.21. The van der Waals surface area contributed by atoms with Gasteiger partial charge in [-0.2, -0.15) is 0 Å². The van der Waals surface area contributed by atoms with Gasteiger partial charge >= 0.3 is 5.97 Å². The summed E-state index contributed by atoms with van der Waals surface area (Å²) in [5.74, 6) is -1.16. The van der Waals surface area contributed by atoms with Crippen LogP contribution in [0.4, 0.5) is 0 Å². The molecule has 7 heteroatoms. The Morgan fingerprint density at radius 1 is 1.36 bits per heavy atom. The third-order valence-electron chi connectivity index (χ3n) is 4.53. The number of rotatable bonds is 5. The lowest BCUT2D eigenvalue weighted by atomic mass is 9.80. The molecule has 2 heterocycles. The van der Waals surface area contributed by atoms with Gasteiger partial charge < -0.3 is 15.2 Å². The maximum atomic E-state index is 12.5. The number of aromatic nitrogens is 1. The number of nitrogens with one attached hydrogen (secondary N) is 1. The van der Waals surface area contributed by atoms with E-state index in [-0.39, 0.29) is 12.5 Å². The minimum absolute atomic E-state index is 0.102. The van der Waals surface area contributed by atoms with E-state index in [0.29, 0.717) is 31.6 Å². The Hall–Kier alpha value is -2.25. The monoisotopic (exact) mass is 360 g/mol. The van der Waals surface area contributed by atoms with E-state index in [1.165, 1.54) is 0 Å². The molecule has 0 unspecified atom stereocenters. The molecule has 0 radical (unpaired) electrons. The van der Waals surface area contributed by atoms with E-state index in [9.17, 15) is 14.7 Å². The Morgan fingerprint density at radius 2 is 2.12 bits per heavy atom. The summed E-state index contributed by atoms with van der Waals surface area (Å²) in [6.45, 7) is 2.84. The van der Waals surface area contributed by atoms with Gasteiger partial charge in [0.1, 0.15) is 0 Å². The number of carbonyl (C=O) groups excluding carboxylic acids is 1. The van der Waals surface area contributed by atoms with Crippen LogP contribution in [-0.2, 0) is 9.53 Å². The van der Waals surface area contributed by atoms with Gasteiger partial charge in [0.05, 0.1) is 16.1 Å². The van der Waals surface area contributed by atoms with E-state index >= 15 is 0 Å². The van der Waals surface area contributed by atoms with E-state index < -0.39 is 11.4 Å². The Kier molecular flexibility index (Phi) is 5.15. The van der Waals surface area contributed by atoms with E-state index in [1.807, 2.05) is 18.4 Å². The summed E-state index contributed by atoms with van der Waals surface area (Å²) in [5, 5.41) is 15.3. The Labute approximate surface area is 149 Å². The molecule has 0 aliphatic carbocycles. The van der Waals surface area contributed by atoms with Crippen LogP contribution in [0.15, 0.2) is 29.6 Å². The zero-order valence-corrected chi connectivity index (χ0v) is 14.8. The van der Waals surface area contributed by atoms with Crippen LogP contribution in [0.3, 0.4) is 0 Å². The average molecular weight is 360 g/mol. The van der Waals surface area contributed by atoms with Gasteiger partial charge in [-0.3, -0.25) is 9.59 Å². The number of aliphatic carboxylic acids is 1. The lowest BCUT2D eigenvalue weighted by Crippen LogP contribution is -2.46. The highest BCUT2D eigenvalue weighted by atomic mass is 32.1. The molecule has 2 N–H and O–H groups in total. The van der Waals surface area contributed by atoms with E-state index in [1.54, 1.807) is 29.5 Å². The molecule has 1 aliphatic rings. The second-order valence-corrected chi connectivity index (χ2v) is 7.28. The molecular formula is C18H20N2O4S. The smallest absolute Gasteiger partial charge is 0.311 e. The molecule has 0 spiro atoms. The fourth-order valence-corrected chi connectivity index (χ4v) is 3.52. The molecule has 3 rings (SSSR count). The highest BCUT2D eigenvalue weighted by Crippen LogP contribution is 2.30. The molecule has 132 valence electrons. The number of hydrogen-bond acceptors (Lipinski definition) is 5. The van der Waals surface area contributed by atoms with E-state index in [0.717, 1.165) is 16.3 Å². The number of hydrogen-bond donors (Lipinski definition) is 2. The Balaban J connectivity index is 1.72. The fraction of sp³-hybridized carbons (Fsp3) is 0.389. The third-order valence-corrected chi connectivity index (χ3v) is 5.30. The number of thiazole rings is 1. The van der Waals surface area contributed by atoms with Crippen LogP contribution >= 0.6 is 11.3 Å². The van der Waals surface area contributed by atoms with Crippen LogP contribution in [0.1, 0.15) is 28.2 Å². The zero-order chi connectivity index (χ0) is 17.9. The standard InChI is InChI=1S/C18H20N2O4S/c1-12-20-15(10-25-12)13-3-2-4-14(9-13)16(21)19-11-18(17(22)23)5-7-24-8-6-18/h2-4,9-10H,5-8,11H2,1H3,(H,19,21)(H,22,23). The summed E-state index contributed by atoms with van der Waals surface area (Å²) >= 11 is 1.56. The summed E-state index contributed by atoms with van der Waals surface area (Å²) in [4.78, 5) is 28.6. The topological polar surface area (TPSA) is 88.5 Å². The van der Waals surface area contributed by atoms with Crippen LogP contribution < -0.4 is 5.32 Å². The maximum absolute atomic E-state index is 12.5. The van der Waals surface area contributed by atoms with Gasteiger partial charge in [-0.25, -0.2) is 4.98 Å². The molecule has 0 saturated carbocycles. The molecule has 1 amide bonds. The minimum Gasteiger partial charge on any atom is -0.481 e. The van der Waals surface area contributed by atoms with Gasteiger partial charge in [-0.05, 0) is 31.9 Å². The molecular weight excluding hydrogens is 340 g/mol. The van der Waals surface area contributed by atoms with Crippen molar-refractivity contribution in [1.29, 1.82) is 0 Å². The lowest BCUT2D eigenvalue weighted by molar-refractivity contribution is -0.154. The number of amides is 1. The predicted molar refractivity (Wildman–Crippen MR) is 94.7 cm³/mol. The largest absolute Gasteiger partial charge is 0.481 e. The molecule has 0 atom stereocenters. The summed E-state index contributed by atoms with van der Waals surface area (Å²) in [6.07, 6.45) is 0.807. The van der Waals surface area contributed by atoms with Crippen molar-refractivity contribution in [2.75, 3.05) is 19.8 Å². The van der Waals surface area contributed by atoms with Crippen molar-refractivity contribution in [3.8, 4) is 11.3 Å². The SMILES string of the molecule is Cc1nc(-c2cccc(C(=O)NCC3(C(=O)O)CCOCC3)c2)cs1. The number of benzene rings is 1. The van der Waals surface area contributed by atoms with Crippen LogP contribution in [0.25, 0.3) is 11.3 Å². The van der Waals surface area contributed by atoms with Crippen molar-refractivity contribution in [3.05, 3.63) is 40.2 Å². The minimum atomic E-state index is -0.947. The molecule has 2 aromatic rings. The molecule has 1 aromatic carbocycles. The van der Waals surface area contributed by atoms with Crippen molar-refractivity contribution in [3.63, 3.8) is 0 Å². The van der Waals surface area contributed by atoms with Crippen molar-refractivity contribution in [1.82, 2.24) is 10.3 Å². The van der Waals surface area contributed by atoms with E-state index in [2.05, 4.69) is 10.3 Å². The first-order valence-electron chi connectivity index (χ1n) is 8.12. The van der Waals surface area contributed by atoms with Gasteiger partial charge in [-0.15, -0.1) is 11.3 Å². The van der Waals surface area contributed by atoms with Crippen LogP contribution in [0, 0.1) is 12.3 Å². The van der Waals surface area contributed by atoms with E-state index in [4.69, 9.17) is 4.74 Å². The third kappa shape index (κ3) is 3.88. The van der Waals surface area contributed by atoms with Crippen molar-refractivity contribution < 1.29 is 19.4 Å². The summed E-state index contributed by atoms with van der Waals surface area (Å²) < 4.78 is 5.25. The quantitative estimate of drug-likeness (QED) is 0.856. The summed E-state index contributed by atoms with van der Waals surface area (Å²) in [5.41, 5.74) is 1.26. The Bertz CT molecular complexity index is 781. The van der Waals surface area contributed by atoms with Crippen molar-refractivity contribution >= 4 is 23.2 Å². The van der Waals surface area contributed by atoms with Gasteiger partial charge in [0.15, 0.2) is 0 Å². The van der Waals surface area contributed by atoms with Crippen LogP contribution in [-0.4, -0.2) is 41.7 Å². The molecule has 6 nitrogen and oxygen atoms in total. The van der Waals surface area contributed by atoms with Gasteiger partial charge in [-0.1, -0.05) is 12.1 Å². The maximum Gasteiger partial charge on any atom is 0.311 e. The summed E-state index contributed by atoms with van der Waals surface area (Å²) in [7, 11) is 0. The van der Waals surface area contributed by atoms with Crippen LogP contribution in [0.5, 0.6) is 0 Å². The molecule has 1 fully saturated rings. The normalized spacial score (nSPS) is 16.4. The predicted octanol–water partition coefficient (Wildman–Crippen LogP) is 2.73. The zero-order valence-electron chi connectivity index (χ0n) is 13.9. The first kappa shape index (κ1) is 17.6. The van der Waals surface area contributed by atoms with Crippen LogP contribution in [0.2, 0.25) is 0 Å². The molecule has 0 bridgehead atoms. The fourth-order valence-electron chi connectivity index (χ4n) is 2.90. The highest BCUT2D eigenvalue weighted by molar-refractivity contribution is 7.09. The highest BCUT2D eigenvalue weighted by Gasteiger charge is 2.40. The number of aryl methyl sites for hydroxylation is 1. The number of ether oxygens (including phenoxy) is 1.